The molecule has 0 bridgehead atoms. The fourth-order valence-corrected chi connectivity index (χ4v) is 13.0. The molecule has 15 atom stereocenters. The van der Waals surface area contributed by atoms with Gasteiger partial charge in [0.2, 0.25) is 41.4 Å². The van der Waals surface area contributed by atoms with Crippen LogP contribution in [0, 0.1) is 0 Å². The Bertz CT molecular complexity index is 3130. The molecule has 46 heteroatoms. The van der Waals surface area contributed by atoms with E-state index in [2.05, 4.69) is 37.2 Å². The first-order valence-corrected chi connectivity index (χ1v) is 41.7. The molecule has 3 heterocycles. The molecule has 0 spiro atoms. The van der Waals surface area contributed by atoms with E-state index < -0.39 is 218 Å². The summed E-state index contributed by atoms with van der Waals surface area (Å²) in [6.07, 6.45) is -9.19. The maximum Gasteiger partial charge on any atom is 0.303 e. The SMILES string of the molecule is CC(=O)NC1C(OC(C)=O)[C@@H](OC(C)=O)C(COC(C)=O)O[C@H]1OCCOCCNC(=O)CCOCC(COCCC(=O)NCCOCCO[C@@H]1OC(COC(C)=O)[C@H](OC(C)=O)C(OC(C)=O)C1NC(C)=O)(COCCC(=O)NCCOCCO[C@@H]1OC(COC(C)=O)[C@H](OC(C)=O)C(OC(C)=O)C1NC(C)=O)NC(=O)CCCCCCCCCCCC(=O)O. The molecule has 3 rings (SSSR count). The molecular formula is C80H129N7O39. The second-order valence-corrected chi connectivity index (χ2v) is 29.5. The number of carbonyl (C=O) groups is 17. The smallest absolute Gasteiger partial charge is 0.303 e. The van der Waals surface area contributed by atoms with Gasteiger partial charge in [-0.2, -0.15) is 0 Å². The fourth-order valence-electron chi connectivity index (χ4n) is 13.0. The zero-order valence-electron chi connectivity index (χ0n) is 73.9. The molecule has 3 saturated heterocycles. The third-order valence-corrected chi connectivity index (χ3v) is 18.2. The third-order valence-electron chi connectivity index (χ3n) is 18.2. The Morgan fingerprint density at radius 2 is 0.548 bits per heavy atom. The van der Waals surface area contributed by atoms with Gasteiger partial charge in [0.25, 0.3) is 0 Å². The van der Waals surface area contributed by atoms with Gasteiger partial charge in [-0.15, -0.1) is 0 Å². The Labute approximate surface area is 730 Å². The van der Waals surface area contributed by atoms with Crippen LogP contribution in [0.2, 0.25) is 0 Å². The predicted octanol–water partition coefficient (Wildman–Crippen LogP) is -1.15. The van der Waals surface area contributed by atoms with Crippen LogP contribution in [0.15, 0.2) is 0 Å². The van der Waals surface area contributed by atoms with E-state index in [1.165, 1.54) is 20.8 Å². The molecule has 9 unspecified atom stereocenters. The Morgan fingerprint density at radius 3 is 0.802 bits per heavy atom. The van der Waals surface area contributed by atoms with Gasteiger partial charge in [0, 0.05) is 135 Å². The molecule has 3 aliphatic rings. The molecule has 0 aromatic carbocycles. The minimum absolute atomic E-state index is 0.00551. The quantitative estimate of drug-likeness (QED) is 0.0203. The Morgan fingerprint density at radius 1 is 0.286 bits per heavy atom. The predicted molar refractivity (Wildman–Crippen MR) is 427 cm³/mol. The van der Waals surface area contributed by atoms with Crippen molar-refractivity contribution in [2.45, 2.75) is 270 Å². The molecule has 46 nitrogen and oxygen atoms in total. The highest BCUT2D eigenvalue weighted by Crippen LogP contribution is 2.32. The first-order valence-electron chi connectivity index (χ1n) is 41.7. The number of carbonyl (C=O) groups excluding carboxylic acids is 16. The molecule has 8 N–H and O–H groups in total. The van der Waals surface area contributed by atoms with E-state index in [-0.39, 0.29) is 151 Å². The number of hydrogen-bond acceptors (Lipinski definition) is 38. The molecule has 7 amide bonds. The minimum atomic E-state index is -1.53. The number of rotatable bonds is 64. The molecule has 0 aromatic heterocycles. The number of carboxylic acid groups (broad SMARTS) is 1. The Kier molecular flexibility index (Phi) is 55.0. The third kappa shape index (κ3) is 48.4. The van der Waals surface area contributed by atoms with Crippen molar-refractivity contribution < 1.29 is 186 Å². The molecule has 0 radical (unpaired) electrons. The van der Waals surface area contributed by atoms with Crippen molar-refractivity contribution in [1.82, 2.24) is 37.2 Å². The van der Waals surface area contributed by atoms with Gasteiger partial charge < -0.3 is 142 Å². The summed E-state index contributed by atoms with van der Waals surface area (Å²) in [7, 11) is 0. The molecular weight excluding hydrogens is 1680 g/mol. The lowest BCUT2D eigenvalue weighted by molar-refractivity contribution is -0.279. The van der Waals surface area contributed by atoms with Crippen molar-refractivity contribution in [3.63, 3.8) is 0 Å². The second-order valence-electron chi connectivity index (χ2n) is 29.5. The zero-order valence-corrected chi connectivity index (χ0v) is 73.9. The topological polar surface area (TPSA) is 588 Å². The van der Waals surface area contributed by atoms with Crippen LogP contribution in [0.1, 0.15) is 173 Å². The number of unbranched alkanes of at least 4 members (excludes halogenated alkanes) is 8. The number of hydrogen-bond donors (Lipinski definition) is 8. The van der Waals surface area contributed by atoms with E-state index in [1.54, 1.807) is 0 Å². The summed E-state index contributed by atoms with van der Waals surface area (Å²) in [5.41, 5.74) is -1.53. The van der Waals surface area contributed by atoms with Crippen LogP contribution < -0.4 is 37.2 Å². The summed E-state index contributed by atoms with van der Waals surface area (Å²) < 4.78 is 119. The first-order chi connectivity index (χ1) is 59.9. The fraction of sp³-hybridized carbons (Fsp3) is 0.787. The van der Waals surface area contributed by atoms with Crippen molar-refractivity contribution in [3.05, 3.63) is 0 Å². The zero-order chi connectivity index (χ0) is 93.5. The molecule has 0 saturated carbocycles. The summed E-state index contributed by atoms with van der Waals surface area (Å²) in [6.45, 7) is 9.59. The number of aliphatic carboxylic acids is 1. The van der Waals surface area contributed by atoms with E-state index in [9.17, 15) is 81.5 Å². The Balaban J connectivity index is 1.76. The lowest BCUT2D eigenvalue weighted by Gasteiger charge is -2.44. The first kappa shape index (κ1) is 111. The summed E-state index contributed by atoms with van der Waals surface area (Å²) in [4.78, 5) is 211. The van der Waals surface area contributed by atoms with Gasteiger partial charge in [-0.1, -0.05) is 44.9 Å². The van der Waals surface area contributed by atoms with Crippen molar-refractivity contribution in [1.29, 1.82) is 0 Å². The summed E-state index contributed by atoms with van der Waals surface area (Å²) >= 11 is 0. The molecule has 126 heavy (non-hydrogen) atoms. The minimum Gasteiger partial charge on any atom is -0.481 e. The van der Waals surface area contributed by atoms with Gasteiger partial charge >= 0.3 is 59.7 Å². The van der Waals surface area contributed by atoms with Crippen LogP contribution in [0.3, 0.4) is 0 Å². The second kappa shape index (κ2) is 62.6. The van der Waals surface area contributed by atoms with Crippen molar-refractivity contribution >= 4 is 101 Å². The van der Waals surface area contributed by atoms with Crippen LogP contribution in [0.4, 0.5) is 0 Å². The van der Waals surface area contributed by atoms with Crippen LogP contribution in [-0.4, -0.2) is 342 Å². The molecule has 3 fully saturated rings. The van der Waals surface area contributed by atoms with E-state index in [4.69, 9.17) is 105 Å². The maximum atomic E-state index is 14.1. The number of ether oxygens (including phenoxy) is 21. The normalized spacial score (nSPS) is 22.4. The van der Waals surface area contributed by atoms with Gasteiger partial charge in [-0.05, 0) is 12.8 Å². The number of carboxylic acids is 1. The monoisotopic (exact) mass is 1810 g/mol. The lowest BCUT2D eigenvalue weighted by atomic mass is 9.96. The molecule has 718 valence electrons. The highest BCUT2D eigenvalue weighted by atomic mass is 16.7. The van der Waals surface area contributed by atoms with E-state index >= 15 is 0 Å². The number of amides is 7. The van der Waals surface area contributed by atoms with Crippen molar-refractivity contribution in [2.24, 2.45) is 0 Å². The Hall–Kier alpha value is -9.49. The van der Waals surface area contributed by atoms with Crippen LogP contribution in [0.25, 0.3) is 0 Å². The largest absolute Gasteiger partial charge is 0.481 e. The summed E-state index contributed by atoms with van der Waals surface area (Å²) in [6, 6.07) is -3.67. The summed E-state index contributed by atoms with van der Waals surface area (Å²) in [5.74, 6) is -11.3. The van der Waals surface area contributed by atoms with Crippen LogP contribution >= 0.6 is 0 Å². The number of nitrogens with one attached hydrogen (secondary N) is 7. The standard InChI is InChI=1S/C80H129N7O39/c1-48(88)84-68-74(121-57(10)97)71(118-54(7)94)60(42-115-51(4)91)124-77(68)112-39-36-106-33-27-81-63(100)24-30-109-45-80(87-66(103)22-20-18-16-14-13-15-17-19-21-23-67(104)105,46-110-31-25-64(101)82-28-34-107-37-40-113-78-69(85-49(2)89)75(122-58(11)98)72(119-55(8)95)61(125-78)43-116-52(5)92)47-111-32-26-65(102)83-29-35-108-38-41-114-79-70(86-50(3)90)76(123-59(12)99)73(120-56(9)96)62(126-79)44-117-53(6)93/h60-62,68-79H,13-47H2,1-12H3,(H,81,100)(H,82,101)(H,83,102)(H,84,88)(H,85,89)(H,86,90)(H,87,103)(H,104,105)/t60?,61?,62?,68?,69?,70?,71-,72-,73-,74?,75?,76?,77+,78+,79+,80?/m0/s1. The van der Waals surface area contributed by atoms with Gasteiger partial charge in [0.1, 0.15) is 61.8 Å². The van der Waals surface area contributed by atoms with Gasteiger partial charge in [-0.25, -0.2) is 0 Å². The molecule has 3 aliphatic heterocycles. The lowest BCUT2D eigenvalue weighted by Crippen LogP contribution is -2.66. The highest BCUT2D eigenvalue weighted by Gasteiger charge is 2.55. The van der Waals surface area contributed by atoms with E-state index in [0.29, 0.717) is 19.3 Å². The van der Waals surface area contributed by atoms with Crippen molar-refractivity contribution in [3.8, 4) is 0 Å². The van der Waals surface area contributed by atoms with E-state index in [1.807, 2.05) is 0 Å². The van der Waals surface area contributed by atoms with Gasteiger partial charge in [0.15, 0.2) is 55.5 Å². The average Bonchev–Trinajstić information content (AvgIpc) is 0.796. The van der Waals surface area contributed by atoms with Crippen LogP contribution in [0.5, 0.6) is 0 Å². The maximum absolute atomic E-state index is 14.1. The summed E-state index contributed by atoms with van der Waals surface area (Å²) in [5, 5.41) is 27.9. The van der Waals surface area contributed by atoms with Gasteiger partial charge in [0.05, 0.1) is 99.1 Å². The number of esters is 9. The van der Waals surface area contributed by atoms with E-state index in [0.717, 1.165) is 101 Å². The van der Waals surface area contributed by atoms with Gasteiger partial charge in [-0.3, -0.25) is 81.5 Å². The molecule has 0 aliphatic carbocycles. The van der Waals surface area contributed by atoms with Crippen LogP contribution in [-0.2, 0) is 181 Å². The molecule has 0 aromatic rings. The highest BCUT2D eigenvalue weighted by molar-refractivity contribution is 5.79. The van der Waals surface area contributed by atoms with Crippen molar-refractivity contribution in [2.75, 3.05) is 139 Å². The average molecular weight is 1810 g/mol.